The van der Waals surface area contributed by atoms with Crippen LogP contribution in [0.4, 0.5) is 0 Å². The Balaban J connectivity index is 1.24. The summed E-state index contributed by atoms with van der Waals surface area (Å²) in [6.07, 6.45) is 5.79. The van der Waals surface area contributed by atoms with Gasteiger partial charge in [-0.3, -0.25) is 14.6 Å². The first kappa shape index (κ1) is 19.4. The standard InChI is InChI=1S/C23H32N4O/c1-25-22(28)15-26-16-23(17-26,9-10-24)27-11-7-18(8-12-27)13-20-14-21(20)19-5-3-2-4-6-19/h2-6,18,20-21H,7-9,11-17H2,1H3,(H,25,28)/t20-,21?/m1/s1. The predicted molar refractivity (Wildman–Crippen MR) is 110 cm³/mol. The first-order valence-corrected chi connectivity index (χ1v) is 10.7. The largest absolute Gasteiger partial charge is 0.358 e. The summed E-state index contributed by atoms with van der Waals surface area (Å²) in [6, 6.07) is 13.4. The third-order valence-corrected chi connectivity index (χ3v) is 7.16. The predicted octanol–water partition coefficient (Wildman–Crippen LogP) is 2.61. The van der Waals surface area contributed by atoms with Gasteiger partial charge in [0.1, 0.15) is 0 Å². The van der Waals surface area contributed by atoms with E-state index in [1.807, 2.05) is 0 Å². The highest BCUT2D eigenvalue weighted by molar-refractivity contribution is 5.77. The fraction of sp³-hybridized carbons (Fsp3) is 0.652. The number of amides is 1. The number of carbonyl (C=O) groups excluding carboxylic acids is 1. The molecule has 0 spiro atoms. The van der Waals surface area contributed by atoms with Crippen LogP contribution in [0, 0.1) is 23.2 Å². The Hall–Kier alpha value is -1.90. The van der Waals surface area contributed by atoms with Gasteiger partial charge in [-0.05, 0) is 62.1 Å². The second-order valence-electron chi connectivity index (χ2n) is 9.06. The van der Waals surface area contributed by atoms with E-state index in [-0.39, 0.29) is 11.4 Å². The smallest absolute Gasteiger partial charge is 0.233 e. The average molecular weight is 381 g/mol. The molecule has 1 unspecified atom stereocenters. The van der Waals surface area contributed by atoms with Gasteiger partial charge in [0.2, 0.25) is 5.91 Å². The molecule has 2 aliphatic heterocycles. The summed E-state index contributed by atoms with van der Waals surface area (Å²) in [4.78, 5) is 16.3. The SMILES string of the molecule is CNC(=O)CN1CC(CC#N)(N2CCC(C[C@@H]3CC3c3ccccc3)CC2)C1. The van der Waals surface area contributed by atoms with Gasteiger partial charge in [0.25, 0.3) is 0 Å². The van der Waals surface area contributed by atoms with Crippen LogP contribution in [0.15, 0.2) is 30.3 Å². The Morgan fingerprint density at radius 2 is 1.96 bits per heavy atom. The highest BCUT2D eigenvalue weighted by atomic mass is 16.1. The second kappa shape index (κ2) is 8.23. The number of piperidine rings is 1. The van der Waals surface area contributed by atoms with Gasteiger partial charge in [-0.25, -0.2) is 0 Å². The van der Waals surface area contributed by atoms with E-state index in [4.69, 9.17) is 0 Å². The van der Waals surface area contributed by atoms with Gasteiger partial charge in [0, 0.05) is 20.1 Å². The van der Waals surface area contributed by atoms with Crippen LogP contribution in [-0.2, 0) is 4.79 Å². The maximum atomic E-state index is 11.6. The van der Waals surface area contributed by atoms with Gasteiger partial charge in [-0.1, -0.05) is 30.3 Å². The lowest BCUT2D eigenvalue weighted by Gasteiger charge is -2.56. The molecular formula is C23H32N4O. The van der Waals surface area contributed by atoms with Crippen LogP contribution in [0.3, 0.4) is 0 Å². The second-order valence-corrected chi connectivity index (χ2v) is 9.06. The van der Waals surface area contributed by atoms with E-state index in [0.29, 0.717) is 13.0 Å². The number of carbonyl (C=O) groups is 1. The van der Waals surface area contributed by atoms with Crippen LogP contribution in [0.1, 0.15) is 43.6 Å². The van der Waals surface area contributed by atoms with E-state index in [1.54, 1.807) is 7.05 Å². The minimum Gasteiger partial charge on any atom is -0.358 e. The topological polar surface area (TPSA) is 59.4 Å². The molecule has 0 aromatic heterocycles. The number of likely N-dealkylation sites (tertiary alicyclic amines) is 2. The van der Waals surface area contributed by atoms with Crippen molar-refractivity contribution in [3.05, 3.63) is 35.9 Å². The summed E-state index contributed by atoms with van der Waals surface area (Å²) >= 11 is 0. The monoisotopic (exact) mass is 380 g/mol. The normalized spacial score (nSPS) is 27.6. The van der Waals surface area contributed by atoms with Crippen molar-refractivity contribution >= 4 is 5.91 Å². The van der Waals surface area contributed by atoms with Crippen molar-refractivity contribution in [1.82, 2.24) is 15.1 Å². The van der Waals surface area contributed by atoms with Crippen LogP contribution in [0.5, 0.6) is 0 Å². The van der Waals surface area contributed by atoms with Crippen LogP contribution >= 0.6 is 0 Å². The van der Waals surface area contributed by atoms with E-state index < -0.39 is 0 Å². The Kier molecular flexibility index (Phi) is 5.70. The minimum absolute atomic E-state index is 0.0279. The highest BCUT2D eigenvalue weighted by Gasteiger charge is 2.49. The molecule has 5 nitrogen and oxygen atoms in total. The summed E-state index contributed by atoms with van der Waals surface area (Å²) in [5.41, 5.74) is 1.49. The lowest BCUT2D eigenvalue weighted by Crippen LogP contribution is -2.71. The molecule has 1 aromatic rings. The highest BCUT2D eigenvalue weighted by Crippen LogP contribution is 2.52. The van der Waals surface area contributed by atoms with Gasteiger partial charge in [0.05, 0.1) is 24.6 Å². The summed E-state index contributed by atoms with van der Waals surface area (Å²) in [5, 5.41) is 12.0. The molecule has 0 radical (unpaired) electrons. The van der Waals surface area contributed by atoms with E-state index >= 15 is 0 Å². The lowest BCUT2D eigenvalue weighted by atomic mass is 9.81. The summed E-state index contributed by atoms with van der Waals surface area (Å²) < 4.78 is 0. The van der Waals surface area contributed by atoms with Crippen molar-refractivity contribution in [2.75, 3.05) is 39.8 Å². The molecule has 1 aliphatic carbocycles. The Bertz CT molecular complexity index is 714. The molecule has 2 atom stereocenters. The van der Waals surface area contributed by atoms with E-state index in [9.17, 15) is 10.1 Å². The first-order valence-electron chi connectivity index (χ1n) is 10.7. The van der Waals surface area contributed by atoms with Gasteiger partial charge < -0.3 is 5.32 Å². The van der Waals surface area contributed by atoms with Crippen LogP contribution in [0.2, 0.25) is 0 Å². The zero-order valence-corrected chi connectivity index (χ0v) is 16.9. The molecule has 150 valence electrons. The Morgan fingerprint density at radius 3 is 2.61 bits per heavy atom. The van der Waals surface area contributed by atoms with Crippen molar-refractivity contribution in [1.29, 1.82) is 5.26 Å². The Labute approximate surface area is 168 Å². The van der Waals surface area contributed by atoms with E-state index in [1.165, 1.54) is 31.2 Å². The van der Waals surface area contributed by atoms with Crippen LogP contribution < -0.4 is 5.32 Å². The number of nitrogens with zero attached hydrogens (tertiary/aromatic N) is 3. The Morgan fingerprint density at radius 1 is 1.25 bits per heavy atom. The number of hydrogen-bond donors (Lipinski definition) is 1. The van der Waals surface area contributed by atoms with Crippen molar-refractivity contribution in [2.45, 2.75) is 43.6 Å². The lowest BCUT2D eigenvalue weighted by molar-refractivity contribution is -0.127. The van der Waals surface area contributed by atoms with Crippen LogP contribution in [-0.4, -0.2) is 61.0 Å². The number of rotatable bonds is 7. The number of nitriles is 1. The number of benzene rings is 1. The first-order chi connectivity index (χ1) is 13.6. The summed E-state index contributed by atoms with van der Waals surface area (Å²) in [7, 11) is 1.68. The van der Waals surface area contributed by atoms with Crippen molar-refractivity contribution in [3.8, 4) is 6.07 Å². The van der Waals surface area contributed by atoms with Gasteiger partial charge in [0.15, 0.2) is 0 Å². The molecule has 0 bridgehead atoms. The quantitative estimate of drug-likeness (QED) is 0.790. The number of hydrogen-bond acceptors (Lipinski definition) is 4. The fourth-order valence-corrected chi connectivity index (χ4v) is 5.44. The molecule has 5 heteroatoms. The molecule has 28 heavy (non-hydrogen) atoms. The maximum absolute atomic E-state index is 11.6. The molecular weight excluding hydrogens is 348 g/mol. The number of likely N-dealkylation sites (N-methyl/N-ethyl adjacent to an activating group) is 1. The van der Waals surface area contributed by atoms with E-state index in [2.05, 4.69) is 51.5 Å². The van der Waals surface area contributed by atoms with Crippen LogP contribution in [0.25, 0.3) is 0 Å². The van der Waals surface area contributed by atoms with Crippen molar-refractivity contribution in [3.63, 3.8) is 0 Å². The molecule has 1 N–H and O–H groups in total. The molecule has 4 rings (SSSR count). The average Bonchev–Trinajstić information content (AvgIpc) is 3.46. The van der Waals surface area contributed by atoms with Gasteiger partial charge >= 0.3 is 0 Å². The molecule has 1 saturated carbocycles. The van der Waals surface area contributed by atoms with Gasteiger partial charge in [-0.15, -0.1) is 0 Å². The van der Waals surface area contributed by atoms with Crippen molar-refractivity contribution < 1.29 is 4.79 Å². The molecule has 2 heterocycles. The summed E-state index contributed by atoms with van der Waals surface area (Å²) in [6.45, 7) is 4.34. The molecule has 1 aromatic carbocycles. The zero-order chi connectivity index (χ0) is 19.6. The zero-order valence-electron chi connectivity index (χ0n) is 16.9. The maximum Gasteiger partial charge on any atom is 0.233 e. The molecule has 3 aliphatic rings. The minimum atomic E-state index is -0.0279. The third-order valence-electron chi connectivity index (χ3n) is 7.16. The van der Waals surface area contributed by atoms with Crippen molar-refractivity contribution in [2.24, 2.45) is 11.8 Å². The molecule has 2 saturated heterocycles. The van der Waals surface area contributed by atoms with E-state index in [0.717, 1.165) is 43.9 Å². The fourth-order valence-electron chi connectivity index (χ4n) is 5.44. The third kappa shape index (κ3) is 4.09. The summed E-state index contributed by atoms with van der Waals surface area (Å²) in [5.74, 6) is 2.55. The molecule has 1 amide bonds. The van der Waals surface area contributed by atoms with Gasteiger partial charge in [-0.2, -0.15) is 5.26 Å². The number of nitrogens with one attached hydrogen (secondary N) is 1. The molecule has 3 fully saturated rings.